The van der Waals surface area contributed by atoms with Crippen molar-refractivity contribution in [3.05, 3.63) is 35.9 Å². The molecule has 1 aromatic carbocycles. The molecule has 4 heteroatoms. The van der Waals surface area contributed by atoms with Gasteiger partial charge in [-0.1, -0.05) is 30.3 Å². The predicted molar refractivity (Wildman–Crippen MR) is 63.1 cm³/mol. The summed E-state index contributed by atoms with van der Waals surface area (Å²) in [5, 5.41) is 0. The Balaban J connectivity index is 1.63. The minimum atomic E-state index is -0.493. The predicted octanol–water partition coefficient (Wildman–Crippen LogP) is 2.79. The summed E-state index contributed by atoms with van der Waals surface area (Å²) in [6.07, 6.45) is 3.78. The van der Waals surface area contributed by atoms with Crippen LogP contribution in [0.5, 0.6) is 0 Å². The highest BCUT2D eigenvalue weighted by atomic mass is 16.7. The largest absolute Gasteiger partial charge is 0.445 e. The molecule has 0 heterocycles. The molecule has 0 unspecified atom stereocenters. The highest BCUT2D eigenvalue weighted by Crippen LogP contribution is 2.20. The number of rotatable bonds is 4. The van der Waals surface area contributed by atoms with Crippen LogP contribution in [0.1, 0.15) is 31.2 Å². The van der Waals surface area contributed by atoms with Crippen molar-refractivity contribution < 1.29 is 14.4 Å². The lowest BCUT2D eigenvalue weighted by Gasteiger charge is -2.11. The van der Waals surface area contributed by atoms with Gasteiger partial charge in [-0.15, -0.1) is 0 Å². The molecule has 0 saturated heterocycles. The van der Waals surface area contributed by atoms with Gasteiger partial charge in [0.1, 0.15) is 6.10 Å². The molecule has 1 aliphatic carbocycles. The average molecular weight is 235 g/mol. The van der Waals surface area contributed by atoms with E-state index in [9.17, 15) is 4.79 Å². The van der Waals surface area contributed by atoms with Crippen molar-refractivity contribution in [1.82, 2.24) is 5.48 Å². The highest BCUT2D eigenvalue weighted by Gasteiger charge is 2.18. The molecule has 0 aromatic heterocycles. The van der Waals surface area contributed by atoms with Gasteiger partial charge in [0.25, 0.3) is 0 Å². The second-order valence-corrected chi connectivity index (χ2v) is 4.19. The molecule has 17 heavy (non-hydrogen) atoms. The first-order chi connectivity index (χ1) is 8.34. The molecule has 1 saturated carbocycles. The van der Waals surface area contributed by atoms with E-state index in [4.69, 9.17) is 9.57 Å². The topological polar surface area (TPSA) is 47.6 Å². The summed E-state index contributed by atoms with van der Waals surface area (Å²) < 4.78 is 5.17. The molecule has 0 radical (unpaired) electrons. The highest BCUT2D eigenvalue weighted by molar-refractivity contribution is 5.66. The summed E-state index contributed by atoms with van der Waals surface area (Å²) in [5.41, 5.74) is 3.30. The molecular weight excluding hydrogens is 218 g/mol. The quantitative estimate of drug-likeness (QED) is 0.816. The zero-order valence-electron chi connectivity index (χ0n) is 9.72. The Bertz CT molecular complexity index is 347. The van der Waals surface area contributed by atoms with Crippen molar-refractivity contribution in [1.29, 1.82) is 0 Å². The third kappa shape index (κ3) is 4.07. The van der Waals surface area contributed by atoms with E-state index in [1.165, 1.54) is 0 Å². The van der Waals surface area contributed by atoms with E-state index >= 15 is 0 Å². The van der Waals surface area contributed by atoms with Gasteiger partial charge in [-0.05, 0) is 31.2 Å². The maximum Gasteiger partial charge on any atom is 0.431 e. The number of carbonyl (C=O) groups excluding carboxylic acids is 1. The van der Waals surface area contributed by atoms with E-state index in [1.807, 2.05) is 30.3 Å². The Hall–Kier alpha value is -1.55. The monoisotopic (exact) mass is 235 g/mol. The third-order valence-electron chi connectivity index (χ3n) is 2.81. The lowest BCUT2D eigenvalue weighted by Crippen LogP contribution is -2.27. The first-order valence-corrected chi connectivity index (χ1v) is 5.97. The van der Waals surface area contributed by atoms with Gasteiger partial charge in [-0.2, -0.15) is 5.48 Å². The van der Waals surface area contributed by atoms with E-state index < -0.39 is 6.09 Å². The molecule has 1 N–H and O–H groups in total. The maximum atomic E-state index is 11.3. The van der Waals surface area contributed by atoms with E-state index in [0.717, 1.165) is 31.2 Å². The van der Waals surface area contributed by atoms with Gasteiger partial charge < -0.3 is 4.74 Å². The molecule has 0 spiro atoms. The molecule has 4 nitrogen and oxygen atoms in total. The van der Waals surface area contributed by atoms with Crippen LogP contribution in [0.2, 0.25) is 0 Å². The van der Waals surface area contributed by atoms with E-state index in [1.54, 1.807) is 0 Å². The summed E-state index contributed by atoms with van der Waals surface area (Å²) >= 11 is 0. The van der Waals surface area contributed by atoms with E-state index in [-0.39, 0.29) is 6.10 Å². The normalized spacial score (nSPS) is 15.8. The smallest absolute Gasteiger partial charge is 0.431 e. The van der Waals surface area contributed by atoms with Gasteiger partial charge in [0, 0.05) is 0 Å². The summed E-state index contributed by atoms with van der Waals surface area (Å²) in [7, 11) is 0. The summed E-state index contributed by atoms with van der Waals surface area (Å²) in [6, 6.07) is 9.66. The molecule has 1 fully saturated rings. The number of amides is 1. The van der Waals surface area contributed by atoms with Crippen molar-refractivity contribution in [3.8, 4) is 0 Å². The summed E-state index contributed by atoms with van der Waals surface area (Å²) in [5.74, 6) is 0. The minimum Gasteiger partial charge on any atom is -0.445 e. The molecule has 1 aromatic rings. The Labute approximate surface area is 101 Å². The van der Waals surface area contributed by atoms with Crippen LogP contribution in [0.4, 0.5) is 4.79 Å². The van der Waals surface area contributed by atoms with Crippen LogP contribution in [0.15, 0.2) is 30.3 Å². The lowest BCUT2D eigenvalue weighted by atomic mass is 10.2. The number of carbonyl (C=O) groups is 1. The van der Waals surface area contributed by atoms with Crippen LogP contribution in [0.25, 0.3) is 0 Å². The van der Waals surface area contributed by atoms with Gasteiger partial charge in [-0.3, -0.25) is 4.84 Å². The van der Waals surface area contributed by atoms with Crippen LogP contribution >= 0.6 is 0 Å². The van der Waals surface area contributed by atoms with Gasteiger partial charge in [0.15, 0.2) is 0 Å². The number of hydrogen-bond donors (Lipinski definition) is 1. The number of hydrogen-bond acceptors (Lipinski definition) is 3. The Morgan fingerprint density at radius 3 is 2.65 bits per heavy atom. The number of ether oxygens (including phenoxy) is 1. The van der Waals surface area contributed by atoms with Crippen molar-refractivity contribution in [2.45, 2.75) is 38.4 Å². The molecule has 0 bridgehead atoms. The Morgan fingerprint density at radius 1 is 1.24 bits per heavy atom. The molecule has 1 aliphatic rings. The van der Waals surface area contributed by atoms with Crippen LogP contribution in [-0.4, -0.2) is 12.2 Å². The first kappa shape index (κ1) is 11.9. The van der Waals surface area contributed by atoms with Gasteiger partial charge in [0.2, 0.25) is 0 Å². The minimum absolute atomic E-state index is 0.0651. The first-order valence-electron chi connectivity index (χ1n) is 5.97. The second-order valence-electron chi connectivity index (χ2n) is 4.19. The van der Waals surface area contributed by atoms with Crippen molar-refractivity contribution >= 4 is 6.09 Å². The molecule has 0 aliphatic heterocycles. The second kappa shape index (κ2) is 6.25. The van der Waals surface area contributed by atoms with Crippen LogP contribution < -0.4 is 5.48 Å². The molecule has 2 rings (SSSR count). The molecule has 0 atom stereocenters. The third-order valence-corrected chi connectivity index (χ3v) is 2.81. The fourth-order valence-electron chi connectivity index (χ4n) is 1.93. The van der Waals surface area contributed by atoms with Crippen LogP contribution in [0, 0.1) is 0 Å². The summed E-state index contributed by atoms with van der Waals surface area (Å²) in [4.78, 5) is 16.4. The zero-order valence-corrected chi connectivity index (χ0v) is 9.72. The number of benzene rings is 1. The van der Waals surface area contributed by atoms with Crippen LogP contribution in [0.3, 0.4) is 0 Å². The van der Waals surface area contributed by atoms with Crippen molar-refractivity contribution in [2.24, 2.45) is 0 Å². The maximum absolute atomic E-state index is 11.3. The standard InChI is InChI=1S/C13H17NO3/c15-13(17-12-8-4-5-9-12)14-16-10-11-6-2-1-3-7-11/h1-3,6-7,12H,4-5,8-10H2,(H,14,15). The van der Waals surface area contributed by atoms with Crippen molar-refractivity contribution in [3.63, 3.8) is 0 Å². The SMILES string of the molecule is O=C(NOCc1ccccc1)OC1CCCC1. The van der Waals surface area contributed by atoms with Gasteiger partial charge >= 0.3 is 6.09 Å². The Kier molecular flexibility index (Phi) is 4.38. The summed E-state index contributed by atoms with van der Waals surface area (Å²) in [6.45, 7) is 0.348. The Morgan fingerprint density at radius 2 is 1.94 bits per heavy atom. The van der Waals surface area contributed by atoms with Gasteiger partial charge in [-0.25, -0.2) is 4.79 Å². The zero-order chi connectivity index (χ0) is 11.9. The lowest BCUT2D eigenvalue weighted by molar-refractivity contribution is 0.00523. The van der Waals surface area contributed by atoms with Crippen LogP contribution in [-0.2, 0) is 16.2 Å². The average Bonchev–Trinajstić information content (AvgIpc) is 2.83. The number of hydroxylamine groups is 1. The van der Waals surface area contributed by atoms with Gasteiger partial charge in [0.05, 0.1) is 6.61 Å². The molecule has 1 amide bonds. The van der Waals surface area contributed by atoms with Crippen molar-refractivity contribution in [2.75, 3.05) is 0 Å². The van der Waals surface area contributed by atoms with E-state index in [2.05, 4.69) is 5.48 Å². The molecule has 92 valence electrons. The molecular formula is C13H17NO3. The van der Waals surface area contributed by atoms with E-state index in [0.29, 0.717) is 6.61 Å². The number of nitrogens with one attached hydrogen (secondary N) is 1. The fourth-order valence-corrected chi connectivity index (χ4v) is 1.93. The fraction of sp³-hybridized carbons (Fsp3) is 0.462.